The molecule has 178 valence electrons. The number of carbonyl (C=O) groups is 2. The lowest BCUT2D eigenvalue weighted by atomic mass is 9.98. The van der Waals surface area contributed by atoms with Crippen molar-refractivity contribution in [2.45, 2.75) is 19.8 Å². The Bertz CT molecular complexity index is 1580. The molecule has 0 aliphatic rings. The van der Waals surface area contributed by atoms with Crippen molar-refractivity contribution in [1.29, 1.82) is 0 Å². The maximum absolute atomic E-state index is 13.6. The van der Waals surface area contributed by atoms with Crippen molar-refractivity contribution >= 4 is 44.9 Å². The number of aromatic amines is 2. The van der Waals surface area contributed by atoms with Gasteiger partial charge >= 0.3 is 5.97 Å². The number of benzene rings is 2. The van der Waals surface area contributed by atoms with Crippen molar-refractivity contribution in [3.8, 4) is 16.9 Å². The van der Waals surface area contributed by atoms with E-state index in [0.29, 0.717) is 16.5 Å². The number of nitrogens with one attached hydrogen (secondary N) is 2. The topological polar surface area (TPSA) is 126 Å². The molecule has 7 nitrogen and oxygen atoms in total. The first-order chi connectivity index (χ1) is 16.9. The molecule has 0 fully saturated rings. The van der Waals surface area contributed by atoms with E-state index in [9.17, 15) is 24.9 Å². The maximum atomic E-state index is 13.6. The van der Waals surface area contributed by atoms with Gasteiger partial charge in [-0.15, -0.1) is 11.3 Å². The number of aromatic nitrogens is 2. The van der Waals surface area contributed by atoms with Gasteiger partial charge in [0, 0.05) is 51.9 Å². The summed E-state index contributed by atoms with van der Waals surface area (Å²) >= 11 is 0.783. The number of fused-ring (bicyclic) bond motifs is 2. The molecule has 1 unspecified atom stereocenters. The Morgan fingerprint density at radius 3 is 2.54 bits per heavy atom. The lowest BCUT2D eigenvalue weighted by molar-refractivity contribution is 0.0702. The van der Waals surface area contributed by atoms with Crippen molar-refractivity contribution in [2.24, 2.45) is 5.92 Å². The summed E-state index contributed by atoms with van der Waals surface area (Å²) in [6, 6.07) is 13.1. The minimum absolute atomic E-state index is 0.0112. The smallest absolute Gasteiger partial charge is 0.346 e. The fourth-order valence-electron chi connectivity index (χ4n) is 4.48. The van der Waals surface area contributed by atoms with Gasteiger partial charge in [-0.25, -0.2) is 4.79 Å². The molecule has 1 atom stereocenters. The molecule has 35 heavy (non-hydrogen) atoms. The third kappa shape index (κ3) is 3.90. The minimum Gasteiger partial charge on any atom is -0.506 e. The molecule has 5 N–H and O–H groups in total. The molecule has 3 aromatic heterocycles. The second-order valence-electron chi connectivity index (χ2n) is 8.73. The Hall–Kier alpha value is -3.88. The number of hydrogen-bond donors (Lipinski definition) is 5. The molecule has 0 aliphatic carbocycles. The highest BCUT2D eigenvalue weighted by Crippen LogP contribution is 2.45. The van der Waals surface area contributed by atoms with Gasteiger partial charge < -0.3 is 25.3 Å². The number of H-pyrrole nitrogens is 2. The van der Waals surface area contributed by atoms with Gasteiger partial charge in [0.2, 0.25) is 5.78 Å². The molecule has 0 saturated heterocycles. The normalized spacial score (nSPS) is 12.4. The van der Waals surface area contributed by atoms with Crippen molar-refractivity contribution in [3.05, 3.63) is 75.7 Å². The van der Waals surface area contributed by atoms with Crippen LogP contribution in [0, 0.1) is 5.92 Å². The van der Waals surface area contributed by atoms with Gasteiger partial charge in [-0.05, 0) is 30.4 Å². The van der Waals surface area contributed by atoms with Gasteiger partial charge in [-0.1, -0.05) is 43.3 Å². The van der Waals surface area contributed by atoms with Crippen molar-refractivity contribution < 1.29 is 24.9 Å². The largest absolute Gasteiger partial charge is 0.506 e. The quantitative estimate of drug-likeness (QED) is 0.182. The molecule has 0 bridgehead atoms. The summed E-state index contributed by atoms with van der Waals surface area (Å²) in [5.74, 6) is -1.80. The van der Waals surface area contributed by atoms with Crippen LogP contribution in [0.3, 0.4) is 0 Å². The van der Waals surface area contributed by atoms with Crippen LogP contribution >= 0.6 is 11.3 Å². The van der Waals surface area contributed by atoms with Gasteiger partial charge in [-0.3, -0.25) is 4.79 Å². The van der Waals surface area contributed by atoms with Crippen LogP contribution in [-0.4, -0.2) is 43.6 Å². The number of para-hydroxylation sites is 2. The molecule has 0 aliphatic heterocycles. The number of carboxylic acids is 1. The number of aliphatic hydroxyl groups excluding tert-OH is 1. The first-order valence-electron chi connectivity index (χ1n) is 11.3. The SMILES string of the molecule is CC(CO)CCc1cccc2c(C(=O)c3sc(C(=O)O)c(-c4c[nH]c5ccccc45)c3O)c[nH]c12. The number of ketones is 1. The summed E-state index contributed by atoms with van der Waals surface area (Å²) in [5, 5.41) is 31.8. The van der Waals surface area contributed by atoms with Crippen LogP contribution in [0.5, 0.6) is 5.75 Å². The Morgan fingerprint density at radius 1 is 1.00 bits per heavy atom. The number of hydrogen-bond acceptors (Lipinski definition) is 5. The van der Waals surface area contributed by atoms with Crippen LogP contribution < -0.4 is 0 Å². The van der Waals surface area contributed by atoms with E-state index in [1.807, 2.05) is 49.4 Å². The van der Waals surface area contributed by atoms with Gasteiger partial charge in [-0.2, -0.15) is 0 Å². The van der Waals surface area contributed by atoms with Crippen molar-refractivity contribution in [1.82, 2.24) is 9.97 Å². The molecule has 8 heteroatoms. The molecule has 5 rings (SSSR count). The number of thiophene rings is 1. The fraction of sp³-hybridized carbons (Fsp3) is 0.185. The standard InChI is InChI=1S/C27H24N2O5S/c1-14(13-30)9-10-15-5-4-7-17-19(12-29-22(15)17)23(31)26-24(32)21(25(35-26)27(33)34)18-11-28-20-8-3-2-6-16(18)20/h2-8,11-12,14,28-30,32H,9-10,13H2,1H3,(H,33,34). The fourth-order valence-corrected chi connectivity index (χ4v) is 5.49. The average Bonchev–Trinajstić information content (AvgIpc) is 3.57. The highest BCUT2D eigenvalue weighted by atomic mass is 32.1. The van der Waals surface area contributed by atoms with E-state index < -0.39 is 11.8 Å². The first-order valence-corrected chi connectivity index (χ1v) is 12.1. The van der Waals surface area contributed by atoms with Crippen molar-refractivity contribution in [2.75, 3.05) is 6.61 Å². The Balaban J connectivity index is 1.59. The zero-order chi connectivity index (χ0) is 24.7. The van der Waals surface area contributed by atoms with Crippen LogP contribution in [0.1, 0.15) is 43.8 Å². The van der Waals surface area contributed by atoms with E-state index >= 15 is 0 Å². The first kappa shape index (κ1) is 22.9. The highest BCUT2D eigenvalue weighted by molar-refractivity contribution is 7.17. The number of rotatable bonds is 8. The third-order valence-corrected chi connectivity index (χ3v) is 7.57. The van der Waals surface area contributed by atoms with E-state index in [1.165, 1.54) is 0 Å². The molecule has 3 heterocycles. The maximum Gasteiger partial charge on any atom is 0.346 e. The lowest BCUT2D eigenvalue weighted by Gasteiger charge is -2.08. The van der Waals surface area contributed by atoms with Gasteiger partial charge in [0.1, 0.15) is 15.5 Å². The molecule has 0 radical (unpaired) electrons. The molecule has 0 saturated carbocycles. The van der Waals surface area contributed by atoms with Crippen LogP contribution in [-0.2, 0) is 6.42 Å². The van der Waals surface area contributed by atoms with Gasteiger partial charge in [0.05, 0.1) is 5.56 Å². The molecule has 5 aromatic rings. The summed E-state index contributed by atoms with van der Waals surface area (Å²) < 4.78 is 0. The molecular formula is C27H24N2O5S. The van der Waals surface area contributed by atoms with E-state index in [0.717, 1.165) is 46.2 Å². The van der Waals surface area contributed by atoms with Crippen LogP contribution in [0.25, 0.3) is 32.9 Å². The monoisotopic (exact) mass is 488 g/mol. The average molecular weight is 489 g/mol. The zero-order valence-electron chi connectivity index (χ0n) is 19.0. The third-order valence-electron chi connectivity index (χ3n) is 6.41. The molecule has 2 aromatic carbocycles. The summed E-state index contributed by atoms with van der Waals surface area (Å²) in [4.78, 5) is 31.9. The summed E-state index contributed by atoms with van der Waals surface area (Å²) in [5.41, 5.74) is 3.70. The van der Waals surface area contributed by atoms with E-state index in [2.05, 4.69) is 9.97 Å². The number of aromatic hydroxyl groups is 1. The van der Waals surface area contributed by atoms with Crippen molar-refractivity contribution in [3.63, 3.8) is 0 Å². The minimum atomic E-state index is -1.20. The van der Waals surface area contributed by atoms with Gasteiger partial charge in [0.25, 0.3) is 0 Å². The van der Waals surface area contributed by atoms with E-state index in [1.54, 1.807) is 12.4 Å². The predicted octanol–water partition coefficient (Wildman–Crippen LogP) is 5.57. The molecular weight excluding hydrogens is 464 g/mol. The molecule has 0 amide bonds. The van der Waals surface area contributed by atoms with Crippen LogP contribution in [0.2, 0.25) is 0 Å². The second-order valence-corrected chi connectivity index (χ2v) is 9.76. The lowest BCUT2D eigenvalue weighted by Crippen LogP contribution is -2.02. The zero-order valence-corrected chi connectivity index (χ0v) is 19.8. The number of aliphatic hydroxyl groups is 1. The summed E-state index contributed by atoms with van der Waals surface area (Å²) in [6.45, 7) is 2.10. The van der Waals surface area contributed by atoms with E-state index in [-0.39, 0.29) is 33.6 Å². The Kier molecular flexibility index (Phi) is 5.92. The number of aromatic carboxylic acids is 1. The van der Waals surface area contributed by atoms with Crippen LogP contribution in [0.15, 0.2) is 54.9 Å². The van der Waals surface area contributed by atoms with E-state index in [4.69, 9.17) is 0 Å². The Labute approximate surface area is 204 Å². The second kappa shape index (κ2) is 9.05. The summed E-state index contributed by atoms with van der Waals surface area (Å²) in [6.07, 6.45) is 4.81. The number of carbonyl (C=O) groups excluding carboxylic acids is 1. The Morgan fingerprint density at radius 2 is 1.77 bits per heavy atom. The van der Waals surface area contributed by atoms with Crippen LogP contribution in [0.4, 0.5) is 0 Å². The number of aryl methyl sites for hydroxylation is 1. The van der Waals surface area contributed by atoms with Gasteiger partial charge in [0.15, 0.2) is 0 Å². The summed E-state index contributed by atoms with van der Waals surface area (Å²) in [7, 11) is 0. The number of carboxylic acid groups (broad SMARTS) is 1. The molecule has 0 spiro atoms. The predicted molar refractivity (Wildman–Crippen MR) is 137 cm³/mol. The highest BCUT2D eigenvalue weighted by Gasteiger charge is 2.30.